The van der Waals surface area contributed by atoms with Gasteiger partial charge in [0.2, 0.25) is 0 Å². The average Bonchev–Trinajstić information content (AvgIpc) is 1.55. The Labute approximate surface area is 619 Å². The predicted molar refractivity (Wildman–Crippen MR) is 453 cm³/mol. The van der Waals surface area contributed by atoms with Gasteiger partial charge in [0.1, 0.15) is 0 Å². The van der Waals surface area contributed by atoms with Crippen LogP contribution in [0.2, 0.25) is 0 Å². The summed E-state index contributed by atoms with van der Waals surface area (Å²) in [6.07, 6.45) is 0. The van der Waals surface area contributed by atoms with Crippen LogP contribution in [-0.2, 0) is 10.8 Å². The Hall–Kier alpha value is -11.2. The monoisotopic (exact) mass is 1460 g/mol. The molecule has 0 saturated heterocycles. The number of aromatic amines is 1. The molecule has 0 amide bonds. The van der Waals surface area contributed by atoms with Gasteiger partial charge < -0.3 is 9.55 Å². The molecule has 0 aliphatic heterocycles. The van der Waals surface area contributed by atoms with Crippen LogP contribution in [0.1, 0.15) is 49.9 Å². The Morgan fingerprint density at radius 3 is 1.23 bits per heavy atom. The maximum absolute atomic E-state index is 3.85. The molecule has 488 valence electrons. The van der Waals surface area contributed by atoms with Gasteiger partial charge in [0.25, 0.3) is 0 Å². The van der Waals surface area contributed by atoms with Crippen molar-refractivity contribution in [3.8, 4) is 72.4 Å². The Morgan fingerprint density at radius 2 is 0.689 bits per heavy atom. The third-order valence-corrected chi connectivity index (χ3v) is 25.4. The quantitative estimate of drug-likeness (QED) is 0.166. The van der Waals surface area contributed by atoms with E-state index in [4.69, 9.17) is 0 Å². The first-order chi connectivity index (χ1) is 50.5. The van der Waals surface area contributed by atoms with Gasteiger partial charge >= 0.3 is 0 Å². The molecule has 5 heteroatoms. The number of rotatable bonds is 5. The van der Waals surface area contributed by atoms with Crippen LogP contribution in [0.3, 0.4) is 0 Å². The number of hydrogen-bond acceptors (Lipinski definition) is 2. The zero-order chi connectivity index (χ0) is 68.8. The summed E-state index contributed by atoms with van der Waals surface area (Å²) in [4.78, 5) is 3.85. The van der Waals surface area contributed by atoms with E-state index >= 15 is 0 Å². The molecule has 0 fully saturated rings. The number of thiophene rings is 2. The molecule has 0 spiro atoms. The van der Waals surface area contributed by atoms with Crippen LogP contribution in [0.25, 0.3) is 178 Å². The first-order valence-electron chi connectivity index (χ1n) is 35.6. The summed E-state index contributed by atoms with van der Waals surface area (Å²) in [6, 6.07) is 121. The number of fused-ring (bicyclic) bond motifs is 26. The SMILES string of the molecule is CC1(C)c2ccccc2-c2ccc(-c3ccc4[nH]c5c6ccccc6c6c7cc(-c8ccccc8)ccc7sc6c5c4c3)cc21.CC1(C)c2ccccc2-c2ccc(-c3ccc4c(c3)c3c5sc6ccc(-c7ccccc7)cc6c5c5ccccc5c3n4-c3ccccc3)cc21.Ic1ccccc1. The molecule has 0 unspecified atom stereocenters. The van der Waals surface area contributed by atoms with E-state index < -0.39 is 0 Å². The number of para-hydroxylation sites is 1. The molecule has 20 aromatic rings. The number of hydrogen-bond donors (Lipinski definition) is 1. The van der Waals surface area contributed by atoms with Gasteiger partial charge in [0, 0.05) is 98.3 Å². The fraction of sp³-hybridized carbons (Fsp3) is 0.0612. The molecule has 0 radical (unpaired) electrons. The molecule has 1 N–H and O–H groups in total. The smallest absolute Gasteiger partial charge is 0.0634 e. The lowest BCUT2D eigenvalue weighted by Crippen LogP contribution is -2.14. The maximum Gasteiger partial charge on any atom is 0.0634 e. The number of halogens is 1. The van der Waals surface area contributed by atoms with Gasteiger partial charge in [-0.15, -0.1) is 22.7 Å². The fourth-order valence-electron chi connectivity index (χ4n) is 17.3. The van der Waals surface area contributed by atoms with Gasteiger partial charge in [-0.3, -0.25) is 0 Å². The Bertz CT molecular complexity index is 6850. The number of nitrogens with zero attached hydrogens (tertiary/aromatic N) is 1. The second kappa shape index (κ2) is 24.0. The van der Waals surface area contributed by atoms with E-state index in [1.165, 1.54) is 204 Å². The van der Waals surface area contributed by atoms with E-state index in [2.05, 4.69) is 369 Å². The van der Waals surface area contributed by atoms with Crippen LogP contribution < -0.4 is 0 Å². The minimum Gasteiger partial charge on any atom is -0.354 e. The maximum atomic E-state index is 3.85. The number of aromatic nitrogens is 2. The van der Waals surface area contributed by atoms with E-state index in [-0.39, 0.29) is 10.8 Å². The summed E-state index contributed by atoms with van der Waals surface area (Å²) in [5.74, 6) is 0. The molecule has 2 aliphatic carbocycles. The molecule has 103 heavy (non-hydrogen) atoms. The topological polar surface area (TPSA) is 20.7 Å². The second-order valence-electron chi connectivity index (χ2n) is 28.8. The molecule has 16 aromatic carbocycles. The molecular weight excluding hydrogens is 1400 g/mol. The predicted octanol–water partition coefficient (Wildman–Crippen LogP) is 28.7. The molecule has 4 aromatic heterocycles. The van der Waals surface area contributed by atoms with Crippen molar-refractivity contribution >= 4 is 151 Å². The minimum absolute atomic E-state index is 0.0203. The van der Waals surface area contributed by atoms with Crippen LogP contribution in [0, 0.1) is 3.57 Å². The van der Waals surface area contributed by atoms with E-state index in [1.54, 1.807) is 0 Å². The highest BCUT2D eigenvalue weighted by Gasteiger charge is 2.37. The van der Waals surface area contributed by atoms with E-state index in [0.717, 1.165) is 0 Å². The largest absolute Gasteiger partial charge is 0.354 e. The van der Waals surface area contributed by atoms with Crippen molar-refractivity contribution in [2.45, 2.75) is 38.5 Å². The summed E-state index contributed by atoms with van der Waals surface area (Å²) < 4.78 is 9.15. The first kappa shape index (κ1) is 61.7. The summed E-state index contributed by atoms with van der Waals surface area (Å²) >= 11 is 6.13. The van der Waals surface area contributed by atoms with Crippen molar-refractivity contribution < 1.29 is 0 Å². The van der Waals surface area contributed by atoms with Crippen LogP contribution in [0.5, 0.6) is 0 Å². The average molecular weight is 1460 g/mol. The van der Waals surface area contributed by atoms with Crippen LogP contribution in [-0.4, -0.2) is 9.55 Å². The molecule has 0 bridgehead atoms. The van der Waals surface area contributed by atoms with Gasteiger partial charge in [-0.2, -0.15) is 0 Å². The lowest BCUT2D eigenvalue weighted by Gasteiger charge is -2.22. The summed E-state index contributed by atoms with van der Waals surface area (Å²) in [7, 11) is 0. The summed E-state index contributed by atoms with van der Waals surface area (Å²) in [5.41, 5.74) is 27.2. The van der Waals surface area contributed by atoms with Crippen molar-refractivity contribution in [3.05, 3.63) is 353 Å². The fourth-order valence-corrected chi connectivity index (χ4v) is 20.3. The van der Waals surface area contributed by atoms with Crippen LogP contribution in [0.4, 0.5) is 0 Å². The van der Waals surface area contributed by atoms with Crippen molar-refractivity contribution in [1.82, 2.24) is 9.55 Å². The Kier molecular flexibility index (Phi) is 14.3. The first-order valence-corrected chi connectivity index (χ1v) is 38.3. The zero-order valence-electron chi connectivity index (χ0n) is 57.3. The molecule has 22 rings (SSSR count). The normalized spacial score (nSPS) is 13.3. The zero-order valence-corrected chi connectivity index (χ0v) is 61.1. The van der Waals surface area contributed by atoms with E-state index in [1.807, 2.05) is 40.9 Å². The third-order valence-electron chi connectivity index (χ3n) is 22.3. The summed E-state index contributed by atoms with van der Waals surface area (Å²) in [6.45, 7) is 9.45. The molecule has 4 heterocycles. The van der Waals surface area contributed by atoms with Crippen molar-refractivity contribution in [2.24, 2.45) is 0 Å². The van der Waals surface area contributed by atoms with Gasteiger partial charge in [-0.25, -0.2) is 0 Å². The Balaban J connectivity index is 0.000000126. The minimum atomic E-state index is -0.0455. The second-order valence-corrected chi connectivity index (χ2v) is 32.1. The van der Waals surface area contributed by atoms with Crippen molar-refractivity contribution in [2.75, 3.05) is 0 Å². The molecule has 2 nitrogen and oxygen atoms in total. The Morgan fingerprint density at radius 1 is 0.291 bits per heavy atom. The highest BCUT2D eigenvalue weighted by Crippen LogP contribution is 2.54. The van der Waals surface area contributed by atoms with E-state index in [9.17, 15) is 0 Å². The van der Waals surface area contributed by atoms with Gasteiger partial charge in [-0.05, 0) is 207 Å². The van der Waals surface area contributed by atoms with Crippen LogP contribution in [0.15, 0.2) is 328 Å². The highest BCUT2D eigenvalue weighted by molar-refractivity contribution is 14.1. The summed E-state index contributed by atoms with van der Waals surface area (Å²) in [5, 5.41) is 15.8. The lowest BCUT2D eigenvalue weighted by molar-refractivity contribution is 0.660. The van der Waals surface area contributed by atoms with Gasteiger partial charge in [0.15, 0.2) is 0 Å². The number of benzene rings is 16. The molecule has 0 atom stereocenters. The number of H-pyrrole nitrogens is 1. The van der Waals surface area contributed by atoms with Gasteiger partial charge in [-0.1, -0.05) is 270 Å². The lowest BCUT2D eigenvalue weighted by atomic mass is 9.81. The standard InChI is InChI=1S/C49H33NS.C43H29NS.C6H5I/c1-49(2)41-20-12-11-17-35(41)36-24-21-33(29-42(36)49)32-22-25-43-39(27-32)46-47(50(43)34-15-7-4-8-16-34)38-19-10-9-18-37(38)45-40-28-31(30-13-5-3-6-14-30)23-26-44(40)51-48(45)46;1-43(2)35-15-9-8-12-29(35)30-19-16-28(24-36(30)43)27-17-20-37-33(22-27)40-41(44-37)32-14-7-6-13-31(32)39-34-23-26(25-10-4-3-5-11-25)18-21-38(34)45-42(39)40;7-6-4-2-1-3-5-6/h3-29H,1-2H3;3-24,44H,1-2H3;1-5H. The van der Waals surface area contributed by atoms with Crippen LogP contribution >= 0.6 is 45.3 Å². The third kappa shape index (κ3) is 9.77. The van der Waals surface area contributed by atoms with E-state index in [0.29, 0.717) is 0 Å². The molecule has 0 saturated carbocycles. The van der Waals surface area contributed by atoms with Crippen molar-refractivity contribution in [3.63, 3.8) is 0 Å². The highest BCUT2D eigenvalue weighted by atomic mass is 127. The van der Waals surface area contributed by atoms with Gasteiger partial charge in [0.05, 0.1) is 16.6 Å². The molecular formula is C98H67IN2S2. The van der Waals surface area contributed by atoms with Crippen molar-refractivity contribution in [1.29, 1.82) is 0 Å². The number of nitrogens with one attached hydrogen (secondary N) is 1. The molecule has 2 aliphatic rings.